The minimum Gasteiger partial charge on any atom is -0.322 e. The highest BCUT2D eigenvalue weighted by Crippen LogP contribution is 2.20. The maximum atomic E-state index is 12.5. The summed E-state index contributed by atoms with van der Waals surface area (Å²) in [5.74, 6) is 0.243. The summed E-state index contributed by atoms with van der Waals surface area (Å²) in [6.45, 7) is 2.72. The predicted molar refractivity (Wildman–Crippen MR) is 90.8 cm³/mol. The molecule has 2 aromatic heterocycles. The molecule has 0 bridgehead atoms. The molecule has 2 aromatic carbocycles. The largest absolute Gasteiger partial charge is 0.322 e. The van der Waals surface area contributed by atoms with Gasteiger partial charge in [-0.1, -0.05) is 17.3 Å². The third-order valence-electron chi connectivity index (χ3n) is 3.80. The van der Waals surface area contributed by atoms with Gasteiger partial charge < -0.3 is 5.32 Å². The number of H-pyrrole nitrogens is 1. The smallest absolute Gasteiger partial charge is 0.255 e. The monoisotopic (exact) mass is 334 g/mol. The molecule has 0 spiro atoms. The van der Waals surface area contributed by atoms with E-state index >= 15 is 0 Å². The highest BCUT2D eigenvalue weighted by atomic mass is 16.1. The highest BCUT2D eigenvalue weighted by Gasteiger charge is 2.11. The number of amides is 1. The van der Waals surface area contributed by atoms with E-state index < -0.39 is 0 Å². The van der Waals surface area contributed by atoms with E-state index in [2.05, 4.69) is 36.3 Å². The molecule has 2 N–H and O–H groups in total. The van der Waals surface area contributed by atoms with Crippen molar-refractivity contribution in [3.63, 3.8) is 0 Å². The second kappa shape index (κ2) is 6.11. The number of carbonyl (C=O) groups is 1. The van der Waals surface area contributed by atoms with Crippen LogP contribution in [0.25, 0.3) is 22.4 Å². The summed E-state index contributed by atoms with van der Waals surface area (Å²) in [4.78, 5) is 12.5. The van der Waals surface area contributed by atoms with Gasteiger partial charge in [0.1, 0.15) is 5.52 Å². The maximum Gasteiger partial charge on any atom is 0.255 e. The van der Waals surface area contributed by atoms with Crippen LogP contribution in [0.1, 0.15) is 17.3 Å². The van der Waals surface area contributed by atoms with Gasteiger partial charge in [-0.15, -0.1) is 15.3 Å². The summed E-state index contributed by atoms with van der Waals surface area (Å²) >= 11 is 0. The van der Waals surface area contributed by atoms with Gasteiger partial charge in [0.05, 0.1) is 5.52 Å². The first-order valence-electron chi connectivity index (χ1n) is 7.73. The van der Waals surface area contributed by atoms with Gasteiger partial charge in [-0.05, 0) is 42.5 Å². The van der Waals surface area contributed by atoms with Gasteiger partial charge in [-0.25, -0.2) is 4.68 Å². The molecule has 0 saturated carbocycles. The number of tetrazole rings is 1. The molecular formula is C16H14N8O. The fraction of sp³-hybridized carbons (Fsp3) is 0.125. The minimum atomic E-state index is -0.224. The highest BCUT2D eigenvalue weighted by molar-refractivity contribution is 6.06. The van der Waals surface area contributed by atoms with Gasteiger partial charge >= 0.3 is 0 Å². The van der Waals surface area contributed by atoms with Crippen LogP contribution in [0.5, 0.6) is 0 Å². The van der Waals surface area contributed by atoms with E-state index in [4.69, 9.17) is 0 Å². The molecule has 0 unspecified atom stereocenters. The van der Waals surface area contributed by atoms with Gasteiger partial charge in [0.2, 0.25) is 5.82 Å². The molecule has 0 radical (unpaired) electrons. The van der Waals surface area contributed by atoms with Crippen LogP contribution in [-0.2, 0) is 6.54 Å². The number of nitrogens with zero attached hydrogens (tertiary/aromatic N) is 6. The van der Waals surface area contributed by atoms with Crippen molar-refractivity contribution >= 4 is 22.6 Å². The number of aromatic amines is 1. The number of hydrogen-bond donors (Lipinski definition) is 2. The van der Waals surface area contributed by atoms with Crippen molar-refractivity contribution in [3.05, 3.63) is 48.0 Å². The number of aromatic nitrogens is 7. The lowest BCUT2D eigenvalue weighted by Gasteiger charge is -2.06. The summed E-state index contributed by atoms with van der Waals surface area (Å²) in [5, 5.41) is 24.8. The Labute approximate surface area is 142 Å². The Morgan fingerprint density at radius 3 is 2.92 bits per heavy atom. The van der Waals surface area contributed by atoms with Gasteiger partial charge in [0.15, 0.2) is 0 Å². The van der Waals surface area contributed by atoms with E-state index in [1.165, 1.54) is 0 Å². The number of aryl methyl sites for hydroxylation is 1. The summed E-state index contributed by atoms with van der Waals surface area (Å²) in [6, 6.07) is 12.6. The molecule has 4 rings (SSSR count). The first-order valence-corrected chi connectivity index (χ1v) is 7.73. The molecule has 0 atom stereocenters. The Hall–Kier alpha value is -3.62. The first kappa shape index (κ1) is 14.9. The average Bonchev–Trinajstić information content (AvgIpc) is 3.31. The third kappa shape index (κ3) is 2.82. The van der Waals surface area contributed by atoms with Crippen LogP contribution in [0, 0.1) is 0 Å². The van der Waals surface area contributed by atoms with Crippen molar-refractivity contribution in [1.82, 2.24) is 35.6 Å². The molecular weight excluding hydrogens is 320 g/mol. The summed E-state index contributed by atoms with van der Waals surface area (Å²) < 4.78 is 1.78. The van der Waals surface area contributed by atoms with Crippen molar-refractivity contribution < 1.29 is 4.79 Å². The molecule has 2 heterocycles. The van der Waals surface area contributed by atoms with E-state index in [-0.39, 0.29) is 5.91 Å². The minimum absolute atomic E-state index is 0.224. The third-order valence-corrected chi connectivity index (χ3v) is 3.80. The Bertz CT molecular complexity index is 1040. The number of carbonyl (C=O) groups excluding carboxylic acids is 1. The molecule has 1 amide bonds. The topological polar surface area (TPSA) is 114 Å². The number of hydrogen-bond acceptors (Lipinski definition) is 6. The summed E-state index contributed by atoms with van der Waals surface area (Å²) in [7, 11) is 0. The standard InChI is InChI=1S/C16H14N8O/c1-2-24-14-7-6-11(9-13(14)18-23-24)16(25)17-12-5-3-4-10(8-12)15-19-21-22-20-15/h3-9H,2H2,1H3,(H,17,25)(H,19,20,21,22). The zero-order chi connectivity index (χ0) is 17.2. The molecule has 0 aliphatic rings. The lowest BCUT2D eigenvalue weighted by molar-refractivity contribution is 0.102. The Morgan fingerprint density at radius 1 is 1.20 bits per heavy atom. The molecule has 0 saturated heterocycles. The molecule has 0 fully saturated rings. The van der Waals surface area contributed by atoms with E-state index in [1.807, 2.05) is 25.1 Å². The van der Waals surface area contributed by atoms with Crippen LogP contribution in [0.2, 0.25) is 0 Å². The zero-order valence-corrected chi connectivity index (χ0v) is 13.3. The Kier molecular flexibility index (Phi) is 3.65. The van der Waals surface area contributed by atoms with Gasteiger partial charge in [0.25, 0.3) is 5.91 Å². The average molecular weight is 334 g/mol. The van der Waals surface area contributed by atoms with Crippen LogP contribution in [0.15, 0.2) is 42.5 Å². The normalized spacial score (nSPS) is 10.9. The maximum absolute atomic E-state index is 12.5. The molecule has 9 heteroatoms. The number of benzene rings is 2. The second-order valence-corrected chi connectivity index (χ2v) is 5.38. The van der Waals surface area contributed by atoms with Crippen molar-refractivity contribution in [3.8, 4) is 11.4 Å². The molecule has 4 aromatic rings. The summed E-state index contributed by atoms with van der Waals surface area (Å²) in [6.07, 6.45) is 0. The molecule has 124 valence electrons. The van der Waals surface area contributed by atoms with Crippen molar-refractivity contribution in [2.45, 2.75) is 13.5 Å². The van der Waals surface area contributed by atoms with E-state index in [0.29, 0.717) is 22.6 Å². The van der Waals surface area contributed by atoms with Crippen LogP contribution in [0.3, 0.4) is 0 Å². The van der Waals surface area contributed by atoms with Crippen LogP contribution >= 0.6 is 0 Å². The first-order chi connectivity index (χ1) is 12.2. The quantitative estimate of drug-likeness (QED) is 0.589. The van der Waals surface area contributed by atoms with Gasteiger partial charge in [0, 0.05) is 23.4 Å². The number of anilines is 1. The number of rotatable bonds is 4. The lowest BCUT2D eigenvalue weighted by Crippen LogP contribution is -2.11. The Morgan fingerprint density at radius 2 is 2.12 bits per heavy atom. The predicted octanol–water partition coefficient (Wildman–Crippen LogP) is 1.88. The Balaban J connectivity index is 1.59. The SMILES string of the molecule is CCn1nnc2cc(C(=O)Nc3cccc(-c4nn[nH]n4)c3)ccc21. The zero-order valence-electron chi connectivity index (χ0n) is 13.3. The van der Waals surface area contributed by atoms with E-state index in [9.17, 15) is 4.79 Å². The molecule has 25 heavy (non-hydrogen) atoms. The second-order valence-electron chi connectivity index (χ2n) is 5.38. The molecule has 0 aliphatic heterocycles. The lowest BCUT2D eigenvalue weighted by atomic mass is 10.1. The van der Waals surface area contributed by atoms with Crippen molar-refractivity contribution in [1.29, 1.82) is 0 Å². The summed E-state index contributed by atoms with van der Waals surface area (Å²) in [5.41, 5.74) is 3.51. The van der Waals surface area contributed by atoms with Crippen molar-refractivity contribution in [2.75, 3.05) is 5.32 Å². The molecule has 9 nitrogen and oxygen atoms in total. The van der Waals surface area contributed by atoms with Crippen LogP contribution < -0.4 is 5.32 Å². The molecule has 0 aliphatic carbocycles. The van der Waals surface area contributed by atoms with Crippen molar-refractivity contribution in [2.24, 2.45) is 0 Å². The van der Waals surface area contributed by atoms with E-state index in [0.717, 1.165) is 17.6 Å². The fourth-order valence-electron chi connectivity index (χ4n) is 2.57. The van der Waals surface area contributed by atoms with E-state index in [1.54, 1.807) is 28.9 Å². The fourth-order valence-corrected chi connectivity index (χ4v) is 2.57. The van der Waals surface area contributed by atoms with Gasteiger partial charge in [-0.3, -0.25) is 4.79 Å². The van der Waals surface area contributed by atoms with Crippen LogP contribution in [-0.4, -0.2) is 41.5 Å². The van der Waals surface area contributed by atoms with Gasteiger partial charge in [-0.2, -0.15) is 5.21 Å². The number of nitrogens with one attached hydrogen (secondary N) is 2. The number of fused-ring (bicyclic) bond motifs is 1. The van der Waals surface area contributed by atoms with Crippen LogP contribution in [0.4, 0.5) is 5.69 Å².